The van der Waals surface area contributed by atoms with Gasteiger partial charge in [-0.05, 0) is 93.0 Å². The molecular weight excluding hydrogens is 617 g/mol. The van der Waals surface area contributed by atoms with Crippen LogP contribution in [0.25, 0.3) is 43.4 Å². The van der Waals surface area contributed by atoms with Crippen molar-refractivity contribution < 1.29 is 0 Å². The van der Waals surface area contributed by atoms with Gasteiger partial charge in [0.05, 0.1) is 11.7 Å². The van der Waals surface area contributed by atoms with Crippen LogP contribution in [0.1, 0.15) is 17.0 Å². The number of benzene rings is 8. The lowest BCUT2D eigenvalue weighted by molar-refractivity contribution is 0.745. The molecule has 0 radical (unpaired) electrons. The third-order valence-corrected chi connectivity index (χ3v) is 10.8. The molecule has 242 valence electrons. The number of allylic oxidation sites excluding steroid dienone is 2. The molecule has 0 spiro atoms. The van der Waals surface area contributed by atoms with E-state index < -0.39 is 0 Å². The van der Waals surface area contributed by atoms with Gasteiger partial charge in [-0.1, -0.05) is 151 Å². The average Bonchev–Trinajstić information content (AvgIpc) is 3.53. The predicted octanol–water partition coefficient (Wildman–Crippen LogP) is 13.3. The van der Waals surface area contributed by atoms with Gasteiger partial charge in [0.1, 0.15) is 0 Å². The van der Waals surface area contributed by atoms with Crippen molar-refractivity contribution in [1.29, 1.82) is 0 Å². The molecule has 1 heterocycles. The number of anilines is 5. The maximum atomic E-state index is 2.54. The molecule has 10 rings (SSSR count). The van der Waals surface area contributed by atoms with Crippen molar-refractivity contribution in [2.24, 2.45) is 0 Å². The minimum atomic E-state index is 0.212. The first kappa shape index (κ1) is 29.5. The van der Waals surface area contributed by atoms with E-state index in [-0.39, 0.29) is 12.0 Å². The molecule has 2 unspecified atom stereocenters. The third kappa shape index (κ3) is 4.79. The molecular formula is C49H36N2. The molecule has 0 bridgehead atoms. The highest BCUT2D eigenvalue weighted by molar-refractivity contribution is 6.28. The van der Waals surface area contributed by atoms with E-state index in [1.807, 2.05) is 0 Å². The van der Waals surface area contributed by atoms with Crippen molar-refractivity contribution in [2.75, 3.05) is 9.80 Å². The van der Waals surface area contributed by atoms with E-state index in [1.165, 1.54) is 71.6 Å². The molecule has 0 aromatic heterocycles. The smallest absolute Gasteiger partial charge is 0.0629 e. The van der Waals surface area contributed by atoms with Crippen molar-refractivity contribution in [1.82, 2.24) is 0 Å². The molecule has 0 N–H and O–H groups in total. The summed E-state index contributed by atoms with van der Waals surface area (Å²) in [5.74, 6) is 0.286. The zero-order valence-corrected chi connectivity index (χ0v) is 28.4. The molecule has 8 aromatic rings. The molecule has 2 atom stereocenters. The summed E-state index contributed by atoms with van der Waals surface area (Å²) < 4.78 is 0. The molecule has 0 saturated heterocycles. The standard InChI is InChI=1S/C49H36N2/c1-33-22-26-36(27-23-33)50(47-21-11-19-45-41-15-6-5-14-39(41)40-16-7-8-18-44(40)49(45)47)38-30-31-43-42-17-9-10-20-46(42)51(48(43)32-38)37-28-24-35(25-29-37)34-12-3-2-4-13-34/h2-32,42,46H,1H3. The van der Waals surface area contributed by atoms with Gasteiger partial charge in [0, 0.05) is 34.1 Å². The van der Waals surface area contributed by atoms with E-state index in [1.54, 1.807) is 0 Å². The molecule has 1 aliphatic heterocycles. The summed E-state index contributed by atoms with van der Waals surface area (Å²) in [6.45, 7) is 2.16. The van der Waals surface area contributed by atoms with Crippen LogP contribution in [0.4, 0.5) is 28.4 Å². The predicted molar refractivity (Wildman–Crippen MR) is 217 cm³/mol. The average molecular weight is 653 g/mol. The van der Waals surface area contributed by atoms with Gasteiger partial charge >= 0.3 is 0 Å². The Kier molecular flexibility index (Phi) is 6.89. The third-order valence-electron chi connectivity index (χ3n) is 10.8. The highest BCUT2D eigenvalue weighted by Crippen LogP contribution is 2.51. The second-order valence-electron chi connectivity index (χ2n) is 13.8. The lowest BCUT2D eigenvalue weighted by atomic mass is 9.91. The fraction of sp³-hybridized carbons (Fsp3) is 0.0612. The first-order chi connectivity index (χ1) is 25.2. The molecule has 0 fully saturated rings. The van der Waals surface area contributed by atoms with Crippen molar-refractivity contribution in [3.63, 3.8) is 0 Å². The summed E-state index contributed by atoms with van der Waals surface area (Å²) in [6.07, 6.45) is 9.12. The molecule has 2 nitrogen and oxygen atoms in total. The summed E-state index contributed by atoms with van der Waals surface area (Å²) in [7, 11) is 0. The summed E-state index contributed by atoms with van der Waals surface area (Å²) in [4.78, 5) is 5.01. The first-order valence-corrected chi connectivity index (χ1v) is 17.9. The van der Waals surface area contributed by atoms with Crippen molar-refractivity contribution >= 4 is 60.8 Å². The maximum Gasteiger partial charge on any atom is 0.0629 e. The molecule has 8 aromatic carbocycles. The molecule has 51 heavy (non-hydrogen) atoms. The van der Waals surface area contributed by atoms with E-state index in [0.29, 0.717) is 0 Å². The molecule has 2 aliphatic rings. The summed E-state index contributed by atoms with van der Waals surface area (Å²) in [6, 6.07) is 60.5. The highest BCUT2D eigenvalue weighted by Gasteiger charge is 2.38. The Balaban J connectivity index is 1.19. The SMILES string of the molecule is Cc1ccc(N(c2ccc3c(c2)N(c2ccc(-c4ccccc4)cc2)C2C=CC=CC32)c2cccc3c4ccccc4c4ccccc4c23)cc1. The van der Waals surface area contributed by atoms with Crippen LogP contribution in [0, 0.1) is 6.92 Å². The zero-order chi connectivity index (χ0) is 33.9. The van der Waals surface area contributed by atoms with E-state index in [4.69, 9.17) is 0 Å². The van der Waals surface area contributed by atoms with Gasteiger partial charge in [-0.2, -0.15) is 0 Å². The molecule has 0 saturated carbocycles. The van der Waals surface area contributed by atoms with Crippen LogP contribution in [0.15, 0.2) is 188 Å². The van der Waals surface area contributed by atoms with Crippen LogP contribution in [0.5, 0.6) is 0 Å². The van der Waals surface area contributed by atoms with E-state index >= 15 is 0 Å². The Morgan fingerprint density at radius 1 is 0.490 bits per heavy atom. The topological polar surface area (TPSA) is 6.48 Å². The van der Waals surface area contributed by atoms with Gasteiger partial charge < -0.3 is 9.80 Å². The van der Waals surface area contributed by atoms with Gasteiger partial charge in [-0.15, -0.1) is 0 Å². The van der Waals surface area contributed by atoms with Gasteiger partial charge in [-0.3, -0.25) is 0 Å². The van der Waals surface area contributed by atoms with Crippen LogP contribution in [0.3, 0.4) is 0 Å². The Bertz CT molecular complexity index is 2610. The van der Waals surface area contributed by atoms with Gasteiger partial charge in [0.25, 0.3) is 0 Å². The van der Waals surface area contributed by atoms with Crippen molar-refractivity contribution in [2.45, 2.75) is 18.9 Å². The van der Waals surface area contributed by atoms with Gasteiger partial charge in [0.15, 0.2) is 0 Å². The highest BCUT2D eigenvalue weighted by atomic mass is 15.2. The fourth-order valence-electron chi connectivity index (χ4n) is 8.45. The lowest BCUT2D eigenvalue weighted by Gasteiger charge is -2.30. The zero-order valence-electron chi connectivity index (χ0n) is 28.4. The minimum absolute atomic E-state index is 0.212. The normalized spacial score (nSPS) is 16.1. The molecule has 0 amide bonds. The molecule has 1 aliphatic carbocycles. The number of hydrogen-bond acceptors (Lipinski definition) is 2. The second-order valence-corrected chi connectivity index (χ2v) is 13.8. The quantitative estimate of drug-likeness (QED) is 0.171. The monoisotopic (exact) mass is 652 g/mol. The van der Waals surface area contributed by atoms with Gasteiger partial charge in [-0.25, -0.2) is 0 Å². The number of hydrogen-bond donors (Lipinski definition) is 0. The van der Waals surface area contributed by atoms with E-state index in [9.17, 15) is 0 Å². The summed E-state index contributed by atoms with van der Waals surface area (Å²) >= 11 is 0. The van der Waals surface area contributed by atoms with E-state index in [2.05, 4.69) is 205 Å². The summed E-state index contributed by atoms with van der Waals surface area (Å²) in [5, 5.41) is 7.64. The van der Waals surface area contributed by atoms with Crippen LogP contribution in [-0.2, 0) is 0 Å². The summed E-state index contributed by atoms with van der Waals surface area (Å²) in [5.41, 5.74) is 11.0. The largest absolute Gasteiger partial charge is 0.333 e. The number of nitrogens with zero attached hydrogens (tertiary/aromatic N) is 2. The second kappa shape index (κ2) is 11.9. The number of rotatable bonds is 5. The van der Waals surface area contributed by atoms with Crippen LogP contribution < -0.4 is 9.80 Å². The van der Waals surface area contributed by atoms with E-state index in [0.717, 1.165) is 11.4 Å². The first-order valence-electron chi connectivity index (χ1n) is 17.9. The van der Waals surface area contributed by atoms with Crippen molar-refractivity contribution in [3.05, 3.63) is 199 Å². The van der Waals surface area contributed by atoms with Crippen LogP contribution in [-0.4, -0.2) is 6.04 Å². The Hall–Kier alpha value is -6.38. The van der Waals surface area contributed by atoms with Crippen molar-refractivity contribution in [3.8, 4) is 11.1 Å². The maximum absolute atomic E-state index is 2.54. The minimum Gasteiger partial charge on any atom is -0.333 e. The lowest BCUT2D eigenvalue weighted by Crippen LogP contribution is -2.28. The fourth-order valence-corrected chi connectivity index (χ4v) is 8.45. The Morgan fingerprint density at radius 2 is 1.08 bits per heavy atom. The Labute approximate surface area is 298 Å². The Morgan fingerprint density at radius 3 is 1.80 bits per heavy atom. The number of fused-ring (bicyclic) bond motifs is 9. The van der Waals surface area contributed by atoms with Crippen LogP contribution >= 0.6 is 0 Å². The molecule has 2 heteroatoms. The van der Waals surface area contributed by atoms with Gasteiger partial charge in [0.2, 0.25) is 0 Å². The van der Waals surface area contributed by atoms with Crippen LogP contribution in [0.2, 0.25) is 0 Å². The number of aryl methyl sites for hydroxylation is 1.